The highest BCUT2D eigenvalue weighted by molar-refractivity contribution is 6.14. The lowest BCUT2D eigenvalue weighted by Crippen LogP contribution is -2.48. The van der Waals surface area contributed by atoms with Crippen molar-refractivity contribution in [3.8, 4) is 0 Å². The molecule has 3 heterocycles. The van der Waals surface area contributed by atoms with Crippen LogP contribution in [0.4, 0.5) is 5.69 Å². The first-order valence-electron chi connectivity index (χ1n) is 10.6. The third kappa shape index (κ3) is 3.01. The van der Waals surface area contributed by atoms with E-state index in [0.717, 1.165) is 11.3 Å². The molecular formula is C25H24N2O4. The summed E-state index contributed by atoms with van der Waals surface area (Å²) in [5, 5.41) is 0. The molecular weight excluding hydrogens is 392 g/mol. The summed E-state index contributed by atoms with van der Waals surface area (Å²) in [6.07, 6.45) is 4.55. The number of ketones is 1. The van der Waals surface area contributed by atoms with E-state index < -0.39 is 17.9 Å². The van der Waals surface area contributed by atoms with E-state index in [1.54, 1.807) is 19.2 Å². The second-order valence-electron chi connectivity index (χ2n) is 8.22. The molecule has 0 aliphatic carbocycles. The maximum absolute atomic E-state index is 13.7. The third-order valence-corrected chi connectivity index (χ3v) is 6.56. The van der Waals surface area contributed by atoms with E-state index in [-0.39, 0.29) is 23.6 Å². The maximum Gasteiger partial charge on any atom is 0.235 e. The molecule has 0 aromatic heterocycles. The zero-order chi connectivity index (χ0) is 21.5. The smallest absolute Gasteiger partial charge is 0.235 e. The molecule has 2 fully saturated rings. The fraction of sp³-hybridized carbons (Fsp3) is 0.320. The first-order valence-corrected chi connectivity index (χ1v) is 10.6. The Bertz CT molecular complexity index is 1060. The quantitative estimate of drug-likeness (QED) is 0.412. The molecule has 2 aromatic carbocycles. The topological polar surface area (TPSA) is 66.9 Å². The van der Waals surface area contributed by atoms with Crippen molar-refractivity contribution in [1.29, 1.82) is 0 Å². The molecule has 6 heteroatoms. The highest BCUT2D eigenvalue weighted by atomic mass is 16.5. The van der Waals surface area contributed by atoms with Crippen LogP contribution in [-0.2, 0) is 14.3 Å². The molecule has 0 unspecified atom stereocenters. The van der Waals surface area contributed by atoms with E-state index in [2.05, 4.69) is 0 Å². The van der Waals surface area contributed by atoms with Crippen LogP contribution in [0.3, 0.4) is 0 Å². The van der Waals surface area contributed by atoms with Crippen molar-refractivity contribution in [3.05, 3.63) is 71.8 Å². The van der Waals surface area contributed by atoms with Crippen LogP contribution in [0, 0.1) is 11.8 Å². The summed E-state index contributed by atoms with van der Waals surface area (Å²) >= 11 is 0. The molecule has 0 bridgehead atoms. The maximum atomic E-state index is 13.7. The minimum atomic E-state index is -0.715. The van der Waals surface area contributed by atoms with Crippen LogP contribution in [-0.4, -0.2) is 54.8 Å². The zero-order valence-electron chi connectivity index (χ0n) is 17.3. The van der Waals surface area contributed by atoms with Crippen LogP contribution in [0.2, 0.25) is 0 Å². The van der Waals surface area contributed by atoms with E-state index in [1.807, 2.05) is 59.5 Å². The van der Waals surface area contributed by atoms with E-state index >= 15 is 0 Å². The Kier molecular flexibility index (Phi) is 4.94. The predicted molar refractivity (Wildman–Crippen MR) is 116 cm³/mol. The lowest BCUT2D eigenvalue weighted by Gasteiger charge is -2.36. The highest BCUT2D eigenvalue weighted by Gasteiger charge is 2.63. The lowest BCUT2D eigenvalue weighted by atomic mass is 9.86. The first-order chi connectivity index (χ1) is 15.1. The number of hydrogen-bond acceptors (Lipinski definition) is 5. The molecule has 0 saturated carbocycles. The SMILES string of the molecule is COCCCN1C(=O)[C@@H]2[C@H](C1=O)[C@H]1C=Cc3ccccc3N1[C@@H]2C(=O)c1ccccc1. The fourth-order valence-electron chi connectivity index (χ4n) is 5.24. The zero-order valence-corrected chi connectivity index (χ0v) is 17.3. The molecule has 2 aromatic rings. The van der Waals surface area contributed by atoms with Gasteiger partial charge in [0.05, 0.1) is 17.9 Å². The van der Waals surface area contributed by atoms with Crippen molar-refractivity contribution in [1.82, 2.24) is 4.90 Å². The van der Waals surface area contributed by atoms with Crippen molar-refractivity contribution in [3.63, 3.8) is 0 Å². The van der Waals surface area contributed by atoms with Gasteiger partial charge in [-0.15, -0.1) is 0 Å². The minimum Gasteiger partial charge on any atom is -0.385 e. The summed E-state index contributed by atoms with van der Waals surface area (Å²) in [4.78, 5) is 43.9. The molecule has 2 saturated heterocycles. The summed E-state index contributed by atoms with van der Waals surface area (Å²) in [5.41, 5.74) is 2.43. The lowest BCUT2D eigenvalue weighted by molar-refractivity contribution is -0.140. The van der Waals surface area contributed by atoms with Gasteiger partial charge in [-0.3, -0.25) is 19.3 Å². The van der Waals surface area contributed by atoms with Crippen LogP contribution >= 0.6 is 0 Å². The Morgan fingerprint density at radius 2 is 1.68 bits per heavy atom. The number of anilines is 1. The summed E-state index contributed by atoms with van der Waals surface area (Å²) < 4.78 is 5.09. The Labute approximate surface area is 181 Å². The van der Waals surface area contributed by atoms with Crippen molar-refractivity contribution in [2.45, 2.75) is 18.5 Å². The predicted octanol–water partition coefficient (Wildman–Crippen LogP) is 2.79. The van der Waals surface area contributed by atoms with Crippen LogP contribution < -0.4 is 4.90 Å². The normalized spacial score (nSPS) is 26.1. The number of carbonyl (C=O) groups excluding carboxylic acids is 3. The molecule has 3 aliphatic heterocycles. The second-order valence-corrected chi connectivity index (χ2v) is 8.22. The van der Waals surface area contributed by atoms with Gasteiger partial charge in [-0.25, -0.2) is 0 Å². The number of nitrogens with zero attached hydrogens (tertiary/aromatic N) is 2. The average Bonchev–Trinajstić information content (AvgIpc) is 3.28. The van der Waals surface area contributed by atoms with Gasteiger partial charge in [0, 0.05) is 31.5 Å². The number of Topliss-reactive ketones (excluding diaryl/α,β-unsaturated/α-hetero) is 1. The summed E-state index contributed by atoms with van der Waals surface area (Å²) in [6, 6.07) is 15.8. The van der Waals surface area contributed by atoms with Crippen molar-refractivity contribution >= 4 is 29.4 Å². The van der Waals surface area contributed by atoms with Gasteiger partial charge in [0.2, 0.25) is 11.8 Å². The second kappa shape index (κ2) is 7.78. The number of methoxy groups -OCH3 is 1. The largest absolute Gasteiger partial charge is 0.385 e. The number of benzene rings is 2. The van der Waals surface area contributed by atoms with Gasteiger partial charge in [-0.05, 0) is 18.1 Å². The number of rotatable bonds is 6. The van der Waals surface area contributed by atoms with Gasteiger partial charge in [0.1, 0.15) is 6.04 Å². The van der Waals surface area contributed by atoms with Crippen molar-refractivity contribution < 1.29 is 19.1 Å². The number of hydrogen-bond donors (Lipinski definition) is 0. The van der Waals surface area contributed by atoms with Crippen LogP contribution in [0.5, 0.6) is 0 Å². The molecule has 0 spiro atoms. The van der Waals surface area contributed by atoms with Gasteiger partial charge >= 0.3 is 0 Å². The monoisotopic (exact) mass is 416 g/mol. The molecule has 5 rings (SSSR count). The van der Waals surface area contributed by atoms with E-state index in [1.165, 1.54) is 4.90 Å². The van der Waals surface area contributed by atoms with Gasteiger partial charge in [-0.2, -0.15) is 0 Å². The number of para-hydroxylation sites is 1. The van der Waals surface area contributed by atoms with Gasteiger partial charge in [0.15, 0.2) is 5.78 Å². The van der Waals surface area contributed by atoms with Crippen molar-refractivity contribution in [2.24, 2.45) is 11.8 Å². The molecule has 31 heavy (non-hydrogen) atoms. The number of amides is 2. The van der Waals surface area contributed by atoms with Crippen LogP contribution in [0.25, 0.3) is 6.08 Å². The number of likely N-dealkylation sites (tertiary alicyclic amines) is 1. The number of imide groups is 1. The average molecular weight is 416 g/mol. The van der Waals surface area contributed by atoms with E-state index in [9.17, 15) is 14.4 Å². The Hall–Kier alpha value is -3.25. The molecule has 158 valence electrons. The summed E-state index contributed by atoms with van der Waals surface area (Å²) in [7, 11) is 1.60. The molecule has 0 radical (unpaired) electrons. The molecule has 4 atom stereocenters. The van der Waals surface area contributed by atoms with E-state index in [4.69, 9.17) is 4.74 Å². The third-order valence-electron chi connectivity index (χ3n) is 6.56. The molecule has 0 N–H and O–H groups in total. The standard InChI is InChI=1S/C25H24N2O4/c1-31-15-7-14-26-24(29)20-19-13-12-16-8-5-6-11-18(16)27(19)22(21(20)25(26)30)23(28)17-9-3-2-4-10-17/h2-6,8-13,19-22H,7,14-15H2,1H3/t19-,20-,21-,22+/m1/s1. The van der Waals surface area contributed by atoms with Crippen molar-refractivity contribution in [2.75, 3.05) is 25.2 Å². The Morgan fingerprint density at radius 3 is 2.45 bits per heavy atom. The van der Waals surface area contributed by atoms with E-state index in [0.29, 0.717) is 25.1 Å². The summed E-state index contributed by atoms with van der Waals surface area (Å²) in [6.45, 7) is 0.791. The van der Waals surface area contributed by atoms with Gasteiger partial charge < -0.3 is 9.64 Å². The molecule has 6 nitrogen and oxygen atoms in total. The Morgan fingerprint density at radius 1 is 0.968 bits per heavy atom. The summed E-state index contributed by atoms with van der Waals surface area (Å²) in [5.74, 6) is -1.81. The molecule has 3 aliphatic rings. The number of carbonyl (C=O) groups is 3. The van der Waals surface area contributed by atoms with Crippen LogP contribution in [0.15, 0.2) is 60.7 Å². The minimum absolute atomic E-state index is 0.122. The number of ether oxygens (including phenoxy) is 1. The number of fused-ring (bicyclic) bond motifs is 5. The molecule has 2 amide bonds. The Balaban J connectivity index is 1.58. The first kappa shape index (κ1) is 19.7. The van der Waals surface area contributed by atoms with Gasteiger partial charge in [-0.1, -0.05) is 60.7 Å². The van der Waals surface area contributed by atoms with Gasteiger partial charge in [0.25, 0.3) is 0 Å². The van der Waals surface area contributed by atoms with Crippen LogP contribution in [0.1, 0.15) is 22.3 Å². The fourth-order valence-corrected chi connectivity index (χ4v) is 5.24. The highest BCUT2D eigenvalue weighted by Crippen LogP contribution is 2.48.